The number of nitrogens with two attached hydrogens (primary N) is 1. The molecule has 0 aliphatic rings. The summed E-state index contributed by atoms with van der Waals surface area (Å²) in [6.07, 6.45) is 1.44. The fraction of sp³-hybridized carbons (Fsp3) is 0.385. The van der Waals surface area contributed by atoms with Crippen LogP contribution >= 0.6 is 0 Å². The highest BCUT2D eigenvalue weighted by Crippen LogP contribution is 2.17. The van der Waals surface area contributed by atoms with Gasteiger partial charge in [0.05, 0.1) is 16.6 Å². The molecule has 1 unspecified atom stereocenters. The summed E-state index contributed by atoms with van der Waals surface area (Å²) in [6.45, 7) is 4.84. The molecule has 2 aromatic rings. The van der Waals surface area contributed by atoms with E-state index < -0.39 is 16.6 Å². The van der Waals surface area contributed by atoms with Gasteiger partial charge < -0.3 is 5.73 Å². The zero-order chi connectivity index (χ0) is 14.7. The van der Waals surface area contributed by atoms with Crippen molar-refractivity contribution in [2.24, 2.45) is 5.92 Å². The van der Waals surface area contributed by atoms with E-state index in [1.165, 1.54) is 24.5 Å². The predicted octanol–water partition coefficient (Wildman–Crippen LogP) is 1.96. The summed E-state index contributed by atoms with van der Waals surface area (Å²) in [4.78, 5) is 4.48. The smallest absolute Gasteiger partial charge is 0.139 e. The Morgan fingerprint density at radius 1 is 1.40 bits per heavy atom. The van der Waals surface area contributed by atoms with Crippen LogP contribution in [0, 0.1) is 11.7 Å². The molecule has 7 heteroatoms. The Bertz CT molecular complexity index is 606. The monoisotopic (exact) mass is 296 g/mol. The van der Waals surface area contributed by atoms with Gasteiger partial charge in [-0.25, -0.2) is 14.1 Å². The quantitative estimate of drug-likeness (QED) is 0.856. The van der Waals surface area contributed by atoms with E-state index in [0.29, 0.717) is 23.2 Å². The highest BCUT2D eigenvalue weighted by atomic mass is 32.2. The average Bonchev–Trinajstić information content (AvgIpc) is 2.74. The van der Waals surface area contributed by atoms with Crippen LogP contribution in [0.3, 0.4) is 0 Å². The van der Waals surface area contributed by atoms with Crippen molar-refractivity contribution in [3.8, 4) is 0 Å². The van der Waals surface area contributed by atoms with Crippen molar-refractivity contribution in [1.82, 2.24) is 14.8 Å². The number of nitrogen functional groups attached to an aromatic ring is 1. The normalized spacial score (nSPS) is 12.8. The molecule has 2 rings (SSSR count). The summed E-state index contributed by atoms with van der Waals surface area (Å²) < 4.78 is 27.3. The molecule has 0 spiro atoms. The molecule has 2 N–H and O–H groups in total. The molecule has 1 aromatic heterocycles. The van der Waals surface area contributed by atoms with Crippen LogP contribution in [0.25, 0.3) is 0 Å². The molecular weight excluding hydrogens is 279 g/mol. The van der Waals surface area contributed by atoms with E-state index in [4.69, 9.17) is 5.73 Å². The lowest BCUT2D eigenvalue weighted by molar-refractivity contribution is 0.471. The van der Waals surface area contributed by atoms with E-state index in [1.807, 2.05) is 0 Å². The Morgan fingerprint density at radius 2 is 2.15 bits per heavy atom. The summed E-state index contributed by atoms with van der Waals surface area (Å²) in [5.41, 5.74) is 5.82. The summed E-state index contributed by atoms with van der Waals surface area (Å²) in [6, 6.07) is 3.94. The first kappa shape index (κ1) is 14.6. The molecular formula is C13H17FN4OS. The van der Waals surface area contributed by atoms with Gasteiger partial charge in [0.25, 0.3) is 0 Å². The highest BCUT2D eigenvalue weighted by Gasteiger charge is 2.13. The lowest BCUT2D eigenvalue weighted by Crippen LogP contribution is -2.12. The standard InChI is InChI=1S/C13H17FN4OS/c1-9(2)6-18-13(16-8-17-18)7-20(19)12-4-10(14)3-11(15)5-12/h3-5,8-9H,6-7,15H2,1-2H3. The lowest BCUT2D eigenvalue weighted by Gasteiger charge is -2.08. The van der Waals surface area contributed by atoms with Gasteiger partial charge in [0.15, 0.2) is 0 Å². The fourth-order valence-electron chi connectivity index (χ4n) is 1.81. The van der Waals surface area contributed by atoms with E-state index in [0.717, 1.165) is 0 Å². The first-order valence-corrected chi connectivity index (χ1v) is 7.58. The van der Waals surface area contributed by atoms with Crippen molar-refractivity contribution in [2.45, 2.75) is 31.0 Å². The maximum Gasteiger partial charge on any atom is 0.139 e. The molecule has 5 nitrogen and oxygen atoms in total. The molecule has 108 valence electrons. The molecule has 1 atom stereocenters. The second kappa shape index (κ2) is 6.13. The minimum Gasteiger partial charge on any atom is -0.399 e. The van der Waals surface area contributed by atoms with Crippen molar-refractivity contribution >= 4 is 16.5 Å². The number of aromatic nitrogens is 3. The van der Waals surface area contributed by atoms with E-state index >= 15 is 0 Å². The Balaban J connectivity index is 2.17. The van der Waals surface area contributed by atoms with Gasteiger partial charge in [-0.1, -0.05) is 13.8 Å². The minimum atomic E-state index is -1.40. The molecule has 0 saturated carbocycles. The van der Waals surface area contributed by atoms with Gasteiger partial charge in [0.2, 0.25) is 0 Å². The van der Waals surface area contributed by atoms with Crippen molar-refractivity contribution in [2.75, 3.05) is 5.73 Å². The SMILES string of the molecule is CC(C)Cn1ncnc1CS(=O)c1cc(N)cc(F)c1. The van der Waals surface area contributed by atoms with Crippen molar-refractivity contribution in [3.05, 3.63) is 36.2 Å². The first-order chi connectivity index (χ1) is 9.45. The van der Waals surface area contributed by atoms with Crippen LogP contribution in [0.15, 0.2) is 29.4 Å². The molecule has 0 saturated heterocycles. The fourth-order valence-corrected chi connectivity index (χ4v) is 2.95. The number of hydrogen-bond donors (Lipinski definition) is 1. The zero-order valence-electron chi connectivity index (χ0n) is 11.4. The van der Waals surface area contributed by atoms with E-state index in [1.54, 1.807) is 4.68 Å². The molecule has 0 aliphatic heterocycles. The number of halogens is 1. The van der Waals surface area contributed by atoms with Gasteiger partial charge in [-0.3, -0.25) is 4.21 Å². The Kier molecular flexibility index (Phi) is 4.49. The van der Waals surface area contributed by atoms with Crippen LogP contribution < -0.4 is 5.73 Å². The topological polar surface area (TPSA) is 73.8 Å². The van der Waals surface area contributed by atoms with Gasteiger partial charge >= 0.3 is 0 Å². The molecule has 0 fully saturated rings. The number of hydrogen-bond acceptors (Lipinski definition) is 4. The molecule has 0 bridgehead atoms. The Hall–Kier alpha value is -1.76. The Morgan fingerprint density at radius 3 is 2.80 bits per heavy atom. The van der Waals surface area contributed by atoms with E-state index in [2.05, 4.69) is 23.9 Å². The summed E-state index contributed by atoms with van der Waals surface area (Å²) >= 11 is 0. The summed E-state index contributed by atoms with van der Waals surface area (Å²) in [5.74, 6) is 0.737. The van der Waals surface area contributed by atoms with Crippen LogP contribution in [0.5, 0.6) is 0 Å². The van der Waals surface area contributed by atoms with Crippen LogP contribution in [0.2, 0.25) is 0 Å². The van der Waals surface area contributed by atoms with Crippen molar-refractivity contribution in [1.29, 1.82) is 0 Å². The summed E-state index contributed by atoms with van der Waals surface area (Å²) in [7, 11) is -1.40. The number of rotatable bonds is 5. The van der Waals surface area contributed by atoms with Gasteiger partial charge in [0, 0.05) is 17.1 Å². The van der Waals surface area contributed by atoms with Gasteiger partial charge in [-0.15, -0.1) is 0 Å². The highest BCUT2D eigenvalue weighted by molar-refractivity contribution is 7.84. The third kappa shape index (κ3) is 3.63. The molecule has 0 radical (unpaired) electrons. The number of nitrogens with zero attached hydrogens (tertiary/aromatic N) is 3. The third-order valence-corrected chi connectivity index (χ3v) is 3.93. The summed E-state index contributed by atoms with van der Waals surface area (Å²) in [5, 5.41) is 4.11. The zero-order valence-corrected chi connectivity index (χ0v) is 12.2. The second-order valence-electron chi connectivity index (χ2n) is 4.96. The lowest BCUT2D eigenvalue weighted by atomic mass is 10.2. The van der Waals surface area contributed by atoms with Crippen molar-refractivity contribution < 1.29 is 8.60 Å². The van der Waals surface area contributed by atoms with Crippen LogP contribution in [-0.2, 0) is 23.1 Å². The number of anilines is 1. The van der Waals surface area contributed by atoms with Crippen LogP contribution in [-0.4, -0.2) is 19.0 Å². The Labute approximate surface area is 119 Å². The average molecular weight is 296 g/mol. The second-order valence-corrected chi connectivity index (χ2v) is 6.41. The van der Waals surface area contributed by atoms with Gasteiger partial charge in [0.1, 0.15) is 18.0 Å². The van der Waals surface area contributed by atoms with E-state index in [-0.39, 0.29) is 11.4 Å². The van der Waals surface area contributed by atoms with Crippen LogP contribution in [0.4, 0.5) is 10.1 Å². The largest absolute Gasteiger partial charge is 0.399 e. The maximum atomic E-state index is 13.3. The first-order valence-electron chi connectivity index (χ1n) is 6.27. The number of benzene rings is 1. The predicted molar refractivity (Wildman–Crippen MR) is 75.8 cm³/mol. The molecule has 20 heavy (non-hydrogen) atoms. The van der Waals surface area contributed by atoms with Gasteiger partial charge in [-0.05, 0) is 24.1 Å². The van der Waals surface area contributed by atoms with Crippen LogP contribution in [0.1, 0.15) is 19.7 Å². The third-order valence-electron chi connectivity index (χ3n) is 2.65. The molecule has 0 aliphatic carbocycles. The van der Waals surface area contributed by atoms with Gasteiger partial charge in [-0.2, -0.15) is 5.10 Å². The molecule has 0 amide bonds. The molecule has 1 aromatic carbocycles. The minimum absolute atomic E-state index is 0.190. The van der Waals surface area contributed by atoms with Crippen molar-refractivity contribution in [3.63, 3.8) is 0 Å². The van der Waals surface area contributed by atoms with E-state index in [9.17, 15) is 8.60 Å². The maximum absolute atomic E-state index is 13.3. The molecule has 1 heterocycles.